The van der Waals surface area contributed by atoms with Crippen molar-refractivity contribution < 1.29 is 14.0 Å². The van der Waals surface area contributed by atoms with Crippen molar-refractivity contribution in [2.24, 2.45) is 0 Å². The molecule has 0 radical (unpaired) electrons. The van der Waals surface area contributed by atoms with E-state index in [9.17, 15) is 18.8 Å². The van der Waals surface area contributed by atoms with Gasteiger partial charge in [-0.1, -0.05) is 0 Å². The Balaban J connectivity index is 1.81. The molecule has 7 heteroatoms. The van der Waals surface area contributed by atoms with E-state index in [-0.39, 0.29) is 35.9 Å². The smallest absolute Gasteiger partial charge is 0.255 e. The SMILES string of the molecule is CN1C[C@@H]2CC[C@H](CC1=O)N2C(=O)c1cc(=O)[nH]c2ccc(F)cc12. The van der Waals surface area contributed by atoms with E-state index < -0.39 is 11.4 Å². The summed E-state index contributed by atoms with van der Waals surface area (Å²) in [6.45, 7) is 0.483. The molecular weight excluding hydrogens is 325 g/mol. The molecule has 2 bridgehead atoms. The van der Waals surface area contributed by atoms with E-state index in [1.54, 1.807) is 16.8 Å². The van der Waals surface area contributed by atoms with Crippen LogP contribution in [0.1, 0.15) is 29.6 Å². The number of hydrogen-bond donors (Lipinski definition) is 1. The molecule has 25 heavy (non-hydrogen) atoms. The lowest BCUT2D eigenvalue weighted by Gasteiger charge is -2.28. The number of likely N-dealkylation sites (N-methyl/N-ethyl adjacent to an activating group) is 1. The first-order chi connectivity index (χ1) is 11.9. The summed E-state index contributed by atoms with van der Waals surface area (Å²) >= 11 is 0. The summed E-state index contributed by atoms with van der Waals surface area (Å²) in [5.41, 5.74) is 0.206. The van der Waals surface area contributed by atoms with Crippen molar-refractivity contribution in [1.82, 2.24) is 14.8 Å². The monoisotopic (exact) mass is 343 g/mol. The van der Waals surface area contributed by atoms with E-state index in [0.717, 1.165) is 12.8 Å². The van der Waals surface area contributed by atoms with Crippen LogP contribution in [0.2, 0.25) is 0 Å². The Morgan fingerprint density at radius 2 is 1.96 bits per heavy atom. The van der Waals surface area contributed by atoms with E-state index >= 15 is 0 Å². The van der Waals surface area contributed by atoms with Gasteiger partial charge < -0.3 is 14.8 Å². The Bertz CT molecular complexity index is 939. The third-order valence-electron chi connectivity index (χ3n) is 5.21. The van der Waals surface area contributed by atoms with Crippen LogP contribution in [0.25, 0.3) is 10.9 Å². The maximum absolute atomic E-state index is 13.7. The minimum atomic E-state index is -0.470. The normalized spacial score (nSPS) is 23.2. The van der Waals surface area contributed by atoms with Crippen molar-refractivity contribution in [3.63, 3.8) is 0 Å². The lowest BCUT2D eigenvalue weighted by atomic mass is 10.1. The highest BCUT2D eigenvalue weighted by Crippen LogP contribution is 2.32. The predicted octanol–water partition coefficient (Wildman–Crippen LogP) is 1.50. The van der Waals surface area contributed by atoms with Crippen molar-refractivity contribution in [2.45, 2.75) is 31.3 Å². The zero-order valence-corrected chi connectivity index (χ0v) is 13.8. The molecule has 1 aromatic heterocycles. The van der Waals surface area contributed by atoms with Gasteiger partial charge in [-0.2, -0.15) is 0 Å². The maximum atomic E-state index is 13.7. The molecule has 2 atom stereocenters. The third kappa shape index (κ3) is 2.59. The molecule has 130 valence electrons. The van der Waals surface area contributed by atoms with Gasteiger partial charge >= 0.3 is 0 Å². The van der Waals surface area contributed by atoms with E-state index in [0.29, 0.717) is 17.4 Å². The molecule has 2 fully saturated rings. The summed E-state index contributed by atoms with van der Waals surface area (Å²) in [7, 11) is 1.74. The van der Waals surface area contributed by atoms with Crippen molar-refractivity contribution >= 4 is 22.7 Å². The van der Waals surface area contributed by atoms with E-state index in [4.69, 9.17) is 0 Å². The van der Waals surface area contributed by atoms with Gasteiger partial charge in [-0.15, -0.1) is 0 Å². The van der Waals surface area contributed by atoms with Gasteiger partial charge in [-0.05, 0) is 31.0 Å². The van der Waals surface area contributed by atoms with Crippen LogP contribution >= 0.6 is 0 Å². The predicted molar refractivity (Wildman–Crippen MR) is 89.8 cm³/mol. The summed E-state index contributed by atoms with van der Waals surface area (Å²) in [4.78, 5) is 43.3. The Labute approximate surface area is 143 Å². The first-order valence-electron chi connectivity index (χ1n) is 8.33. The van der Waals surface area contributed by atoms with Crippen LogP contribution in [-0.2, 0) is 4.79 Å². The van der Waals surface area contributed by atoms with Gasteiger partial charge in [0, 0.05) is 49.1 Å². The summed E-state index contributed by atoms with van der Waals surface area (Å²) < 4.78 is 13.7. The van der Waals surface area contributed by atoms with Crippen LogP contribution < -0.4 is 5.56 Å². The number of halogens is 1. The van der Waals surface area contributed by atoms with E-state index in [1.807, 2.05) is 0 Å². The van der Waals surface area contributed by atoms with Crippen LogP contribution in [0.4, 0.5) is 4.39 Å². The number of carbonyl (C=O) groups excluding carboxylic acids is 2. The Morgan fingerprint density at radius 1 is 1.20 bits per heavy atom. The maximum Gasteiger partial charge on any atom is 0.255 e. The van der Waals surface area contributed by atoms with Crippen LogP contribution in [-0.4, -0.2) is 52.3 Å². The first-order valence-corrected chi connectivity index (χ1v) is 8.33. The van der Waals surface area contributed by atoms with Crippen LogP contribution in [0, 0.1) is 5.82 Å². The fourth-order valence-corrected chi connectivity index (χ4v) is 3.99. The van der Waals surface area contributed by atoms with Crippen molar-refractivity contribution in [3.8, 4) is 0 Å². The number of hydrogen-bond acceptors (Lipinski definition) is 3. The van der Waals surface area contributed by atoms with Gasteiger partial charge in [0.05, 0.1) is 5.56 Å². The van der Waals surface area contributed by atoms with Crippen LogP contribution in [0.3, 0.4) is 0 Å². The molecule has 0 unspecified atom stereocenters. The lowest BCUT2D eigenvalue weighted by molar-refractivity contribution is -0.130. The zero-order chi connectivity index (χ0) is 17.7. The Hall–Kier alpha value is -2.70. The Kier molecular flexibility index (Phi) is 3.59. The number of likely N-dealkylation sites (tertiary alicyclic amines) is 1. The van der Waals surface area contributed by atoms with E-state index in [2.05, 4.69) is 4.98 Å². The van der Waals surface area contributed by atoms with Crippen LogP contribution in [0.15, 0.2) is 29.1 Å². The fourth-order valence-electron chi connectivity index (χ4n) is 3.99. The minimum Gasteiger partial charge on any atom is -0.344 e. The lowest BCUT2D eigenvalue weighted by Crippen LogP contribution is -2.43. The molecule has 6 nitrogen and oxygen atoms in total. The molecule has 2 saturated heterocycles. The molecule has 2 amide bonds. The topological polar surface area (TPSA) is 73.5 Å². The molecule has 0 aliphatic carbocycles. The number of pyridine rings is 1. The average Bonchev–Trinajstić information content (AvgIpc) is 2.90. The Morgan fingerprint density at radius 3 is 2.76 bits per heavy atom. The molecule has 0 spiro atoms. The summed E-state index contributed by atoms with van der Waals surface area (Å²) in [6, 6.07) is 4.94. The quantitative estimate of drug-likeness (QED) is 0.853. The van der Waals surface area contributed by atoms with E-state index in [1.165, 1.54) is 24.3 Å². The highest BCUT2D eigenvalue weighted by Gasteiger charge is 2.42. The molecule has 2 aliphatic heterocycles. The highest BCUT2D eigenvalue weighted by atomic mass is 19.1. The standard InChI is InChI=1S/C18H18FN3O3/c1-21-9-12-4-3-11(7-17(21)24)22(12)18(25)14-8-16(23)20-15-5-2-10(19)6-13(14)15/h2,5-6,8,11-12H,3-4,7,9H2,1H3,(H,20,23)/t11-,12+/m1/s1. The number of nitrogens with zero attached hydrogens (tertiary/aromatic N) is 2. The highest BCUT2D eigenvalue weighted by molar-refractivity contribution is 6.06. The molecule has 4 rings (SSSR count). The number of H-pyrrole nitrogens is 1. The second kappa shape index (κ2) is 5.68. The third-order valence-corrected chi connectivity index (χ3v) is 5.21. The largest absolute Gasteiger partial charge is 0.344 e. The van der Waals surface area contributed by atoms with Gasteiger partial charge in [-0.25, -0.2) is 4.39 Å². The van der Waals surface area contributed by atoms with Gasteiger partial charge in [-0.3, -0.25) is 14.4 Å². The summed E-state index contributed by atoms with van der Waals surface area (Å²) in [5, 5.41) is 0.382. The van der Waals surface area contributed by atoms with Gasteiger partial charge in [0.25, 0.3) is 5.91 Å². The van der Waals surface area contributed by atoms with Crippen molar-refractivity contribution in [2.75, 3.05) is 13.6 Å². The number of amides is 2. The number of aromatic nitrogens is 1. The number of aromatic amines is 1. The number of benzene rings is 1. The second-order valence-corrected chi connectivity index (χ2v) is 6.81. The molecule has 1 N–H and O–H groups in total. The molecule has 2 aromatic rings. The number of nitrogens with one attached hydrogen (secondary N) is 1. The average molecular weight is 343 g/mol. The number of carbonyl (C=O) groups is 2. The minimum absolute atomic E-state index is 0.0202. The molecule has 1 aromatic carbocycles. The van der Waals surface area contributed by atoms with Crippen molar-refractivity contribution in [3.05, 3.63) is 46.0 Å². The van der Waals surface area contributed by atoms with Crippen molar-refractivity contribution in [1.29, 1.82) is 0 Å². The van der Waals surface area contributed by atoms with Gasteiger partial charge in [0.2, 0.25) is 11.5 Å². The zero-order valence-electron chi connectivity index (χ0n) is 13.8. The first kappa shape index (κ1) is 15.8. The number of rotatable bonds is 1. The molecule has 3 heterocycles. The van der Waals surface area contributed by atoms with Gasteiger partial charge in [0.15, 0.2) is 0 Å². The van der Waals surface area contributed by atoms with Crippen LogP contribution in [0.5, 0.6) is 0 Å². The molecular formula is C18H18FN3O3. The molecule has 2 aliphatic rings. The fraction of sp³-hybridized carbons (Fsp3) is 0.389. The second-order valence-electron chi connectivity index (χ2n) is 6.81. The summed E-state index contributed by atoms with van der Waals surface area (Å²) in [5.74, 6) is -0.758. The summed E-state index contributed by atoms with van der Waals surface area (Å²) in [6.07, 6.45) is 1.88. The van der Waals surface area contributed by atoms with Gasteiger partial charge in [0.1, 0.15) is 5.82 Å². The molecule has 0 saturated carbocycles. The number of fused-ring (bicyclic) bond motifs is 3.